The topological polar surface area (TPSA) is 6.48 Å². The van der Waals surface area contributed by atoms with E-state index in [2.05, 4.69) is 211 Å². The predicted octanol–water partition coefficient (Wildman–Crippen LogP) is 16.9. The van der Waals surface area contributed by atoms with Gasteiger partial charge in [0.15, 0.2) is 0 Å². The molecule has 0 radical (unpaired) electrons. The second kappa shape index (κ2) is 13.7. The number of hydrogen-bond donors (Lipinski definition) is 0. The van der Waals surface area contributed by atoms with E-state index in [0.717, 1.165) is 34.9 Å². The minimum absolute atomic E-state index is 0.569. The molecule has 0 amide bonds. The smallest absolute Gasteiger partial charge is 0.0546 e. The fourth-order valence-electron chi connectivity index (χ4n) is 9.39. The second-order valence-corrected chi connectivity index (χ2v) is 18.0. The number of thiophene rings is 2. The van der Waals surface area contributed by atoms with Crippen LogP contribution in [0, 0.1) is 5.92 Å². The van der Waals surface area contributed by atoms with Gasteiger partial charge in [0.1, 0.15) is 0 Å². The van der Waals surface area contributed by atoms with E-state index < -0.39 is 0 Å². The summed E-state index contributed by atoms with van der Waals surface area (Å²) >= 11 is 3.81. The molecule has 0 saturated carbocycles. The van der Waals surface area contributed by atoms with Crippen molar-refractivity contribution in [3.63, 3.8) is 0 Å². The number of benzene rings is 9. The molecule has 59 heavy (non-hydrogen) atoms. The highest BCUT2D eigenvalue weighted by atomic mass is 32.1. The van der Waals surface area contributed by atoms with Crippen molar-refractivity contribution in [3.8, 4) is 0 Å². The first kappa shape index (κ1) is 34.3. The summed E-state index contributed by atoms with van der Waals surface area (Å²) in [6.45, 7) is 2.31. The van der Waals surface area contributed by atoms with Crippen molar-refractivity contribution in [2.75, 3.05) is 9.80 Å². The molecule has 2 heterocycles. The Morgan fingerprint density at radius 3 is 1.46 bits per heavy atom. The molecule has 0 bridgehead atoms. The van der Waals surface area contributed by atoms with Crippen LogP contribution in [0.15, 0.2) is 188 Å². The molecule has 0 N–H and O–H groups in total. The summed E-state index contributed by atoms with van der Waals surface area (Å²) in [5, 5.41) is 11.3. The zero-order valence-corrected chi connectivity index (χ0v) is 34.1. The van der Waals surface area contributed by atoms with E-state index in [4.69, 9.17) is 0 Å². The van der Waals surface area contributed by atoms with Crippen molar-refractivity contribution >= 4 is 125 Å². The number of allylic oxidation sites excluding steroid dienone is 1. The van der Waals surface area contributed by atoms with Gasteiger partial charge in [0.05, 0.1) is 11.4 Å². The van der Waals surface area contributed by atoms with Gasteiger partial charge in [-0.25, -0.2) is 0 Å². The van der Waals surface area contributed by atoms with Crippen molar-refractivity contribution in [2.45, 2.75) is 13.3 Å². The van der Waals surface area contributed by atoms with Crippen LogP contribution in [0.3, 0.4) is 0 Å². The van der Waals surface area contributed by atoms with Gasteiger partial charge in [0.25, 0.3) is 0 Å². The molecule has 1 unspecified atom stereocenters. The minimum atomic E-state index is 0.569. The molecular formula is C55H38N2S2. The highest BCUT2D eigenvalue weighted by Crippen LogP contribution is 2.49. The van der Waals surface area contributed by atoms with Crippen molar-refractivity contribution in [1.82, 2.24) is 0 Å². The van der Waals surface area contributed by atoms with Gasteiger partial charge in [-0.15, -0.1) is 22.7 Å². The molecule has 11 aromatic rings. The van der Waals surface area contributed by atoms with Gasteiger partial charge in [-0.2, -0.15) is 0 Å². The zero-order valence-electron chi connectivity index (χ0n) is 32.5. The van der Waals surface area contributed by atoms with Crippen molar-refractivity contribution in [1.29, 1.82) is 0 Å². The molecule has 4 heteroatoms. The maximum atomic E-state index is 2.47. The standard InChI is InChI=1S/C55H38N2S2/c1-35-24-27-45-49-32-39(26-29-54(49)59-55(45)30-35)57(37-16-6-3-7-17-37)51-34-47-40-18-8-10-20-42(40)50(33-46(47)41-19-9-11-21-43(41)51)56(36-14-4-2-5-15-36)38-25-28-53-48(31-38)44-22-12-13-23-52(44)58-53/h2-29,31-35H,30H2,1H3. The first-order chi connectivity index (χ1) is 29.2. The van der Waals surface area contributed by atoms with Crippen LogP contribution in [0.5, 0.6) is 0 Å². The minimum Gasteiger partial charge on any atom is -0.310 e. The van der Waals surface area contributed by atoms with Crippen molar-refractivity contribution in [2.24, 2.45) is 5.92 Å². The Hall–Kier alpha value is -6.72. The Bertz CT molecular complexity index is 3450. The van der Waals surface area contributed by atoms with E-state index in [9.17, 15) is 0 Å². The Morgan fingerprint density at radius 1 is 0.390 bits per heavy atom. The number of fused-ring (bicyclic) bond motifs is 11. The van der Waals surface area contributed by atoms with Crippen LogP contribution >= 0.6 is 22.7 Å². The monoisotopic (exact) mass is 790 g/mol. The zero-order chi connectivity index (χ0) is 39.0. The van der Waals surface area contributed by atoms with Crippen LogP contribution in [-0.4, -0.2) is 0 Å². The molecule has 0 fully saturated rings. The Labute approximate surface area is 351 Å². The van der Waals surface area contributed by atoms with E-state index in [-0.39, 0.29) is 0 Å². The molecule has 0 aliphatic heterocycles. The van der Waals surface area contributed by atoms with Crippen LogP contribution in [0.1, 0.15) is 17.4 Å². The summed E-state index contributed by atoms with van der Waals surface area (Å²) < 4.78 is 3.97. The van der Waals surface area contributed by atoms with Crippen molar-refractivity contribution < 1.29 is 0 Å². The molecular weight excluding hydrogens is 753 g/mol. The van der Waals surface area contributed by atoms with Gasteiger partial charge in [0, 0.05) is 68.7 Å². The number of anilines is 6. The van der Waals surface area contributed by atoms with Crippen LogP contribution < -0.4 is 9.80 Å². The molecule has 12 rings (SSSR count). The molecule has 9 aromatic carbocycles. The Morgan fingerprint density at radius 2 is 0.864 bits per heavy atom. The first-order valence-corrected chi connectivity index (χ1v) is 22.0. The molecule has 1 atom stereocenters. The normalized spacial score (nSPS) is 13.9. The van der Waals surface area contributed by atoms with E-state index in [1.54, 1.807) is 0 Å². The molecule has 2 nitrogen and oxygen atoms in total. The lowest BCUT2D eigenvalue weighted by molar-refractivity contribution is 0.728. The average molecular weight is 791 g/mol. The SMILES string of the molecule is CC1C=Cc2c(sc3ccc(N(c4ccccc4)c4cc5c6ccccc6c(N(c6ccccc6)c6ccc7sc8ccccc8c7c6)cc5c5ccccc45)cc23)C1. The summed E-state index contributed by atoms with van der Waals surface area (Å²) in [5.41, 5.74) is 8.27. The molecule has 1 aliphatic rings. The highest BCUT2D eigenvalue weighted by Gasteiger charge is 2.24. The maximum absolute atomic E-state index is 2.47. The van der Waals surface area contributed by atoms with Gasteiger partial charge in [-0.05, 0) is 118 Å². The lowest BCUT2D eigenvalue weighted by atomic mass is 9.93. The fourth-order valence-corrected chi connectivity index (χ4v) is 11.8. The second-order valence-electron chi connectivity index (χ2n) is 15.8. The Balaban J connectivity index is 1.12. The molecule has 2 aromatic heterocycles. The fraction of sp³-hybridized carbons (Fsp3) is 0.0545. The van der Waals surface area contributed by atoms with E-state index >= 15 is 0 Å². The van der Waals surface area contributed by atoms with Crippen LogP contribution in [0.4, 0.5) is 34.1 Å². The summed E-state index contributed by atoms with van der Waals surface area (Å²) in [4.78, 5) is 6.42. The Kier molecular flexibility index (Phi) is 7.97. The third kappa shape index (κ3) is 5.59. The third-order valence-corrected chi connectivity index (χ3v) is 14.5. The van der Waals surface area contributed by atoms with Gasteiger partial charge in [-0.3, -0.25) is 0 Å². The van der Waals surface area contributed by atoms with Gasteiger partial charge in [-0.1, -0.05) is 122 Å². The van der Waals surface area contributed by atoms with Gasteiger partial charge in [0.2, 0.25) is 0 Å². The summed E-state index contributed by atoms with van der Waals surface area (Å²) in [5.74, 6) is 0.569. The van der Waals surface area contributed by atoms with E-state index in [1.807, 2.05) is 22.7 Å². The largest absolute Gasteiger partial charge is 0.310 e. The quantitative estimate of drug-likeness (QED) is 0.155. The first-order valence-electron chi connectivity index (χ1n) is 20.4. The van der Waals surface area contributed by atoms with Gasteiger partial charge < -0.3 is 9.80 Å². The highest BCUT2D eigenvalue weighted by molar-refractivity contribution is 7.25. The summed E-state index contributed by atoms with van der Waals surface area (Å²) in [6, 6.07) is 67.4. The number of rotatable bonds is 6. The lowest BCUT2D eigenvalue weighted by Crippen LogP contribution is -2.12. The van der Waals surface area contributed by atoms with Crippen LogP contribution in [-0.2, 0) is 6.42 Å². The summed E-state index contributed by atoms with van der Waals surface area (Å²) in [7, 11) is 0. The number of nitrogens with zero attached hydrogens (tertiary/aromatic N) is 2. The van der Waals surface area contributed by atoms with Crippen LogP contribution in [0.25, 0.3) is 68.7 Å². The molecule has 0 saturated heterocycles. The van der Waals surface area contributed by atoms with Gasteiger partial charge >= 0.3 is 0 Å². The summed E-state index contributed by atoms with van der Waals surface area (Å²) in [6.07, 6.45) is 5.83. The van der Waals surface area contributed by atoms with E-state index in [1.165, 1.54) is 78.7 Å². The molecule has 1 aliphatic carbocycles. The maximum Gasteiger partial charge on any atom is 0.0546 e. The van der Waals surface area contributed by atoms with Crippen LogP contribution in [0.2, 0.25) is 0 Å². The average Bonchev–Trinajstić information content (AvgIpc) is 3.85. The lowest BCUT2D eigenvalue weighted by Gasteiger charge is -2.30. The molecule has 280 valence electrons. The molecule has 0 spiro atoms. The third-order valence-electron chi connectivity index (χ3n) is 12.1. The number of para-hydroxylation sites is 2. The van der Waals surface area contributed by atoms with E-state index in [0.29, 0.717) is 5.92 Å². The predicted molar refractivity (Wildman–Crippen MR) is 258 cm³/mol. The van der Waals surface area contributed by atoms with Crippen molar-refractivity contribution in [3.05, 3.63) is 199 Å². The number of hydrogen-bond acceptors (Lipinski definition) is 4.